The van der Waals surface area contributed by atoms with Crippen LogP contribution in [0.3, 0.4) is 0 Å². The zero-order valence-electron chi connectivity index (χ0n) is 16.1. The Kier molecular flexibility index (Phi) is 6.60. The molecule has 1 aromatic carbocycles. The molecule has 4 rings (SSSR count). The van der Waals surface area contributed by atoms with E-state index in [1.165, 1.54) is 18.4 Å². The molecule has 3 heterocycles. The van der Waals surface area contributed by atoms with E-state index in [-0.39, 0.29) is 0 Å². The molecule has 0 atom stereocenters. The Bertz CT molecular complexity index is 775. The Labute approximate surface area is 175 Å². The van der Waals surface area contributed by atoms with Crippen molar-refractivity contribution in [1.82, 2.24) is 10.2 Å². The number of piperidine rings is 1. The number of likely N-dealkylation sites (tertiary alicyclic amines) is 1. The first-order valence-electron chi connectivity index (χ1n) is 10.0. The maximum atomic E-state index is 11.4. The van der Waals surface area contributed by atoms with Crippen LogP contribution >= 0.6 is 22.7 Å². The fourth-order valence-electron chi connectivity index (χ4n) is 4.05. The second-order valence-corrected chi connectivity index (χ2v) is 9.18. The molecule has 5 heteroatoms. The van der Waals surface area contributed by atoms with E-state index in [1.54, 1.807) is 22.7 Å². The van der Waals surface area contributed by atoms with Gasteiger partial charge in [-0.25, -0.2) is 0 Å². The molecule has 2 N–H and O–H groups in total. The standard InChI is InChI=1S/C23H28N2OS2/c26-23(20-8-14-27-17-20,21-9-15-28-18-21)10-11-24-22-6-12-25(13-7-22)16-19-4-2-1-3-5-19/h1-5,8-9,14-15,17-18,22,24,26H,6-7,10-13,16H2. The van der Waals surface area contributed by atoms with E-state index in [0.717, 1.165) is 37.3 Å². The quantitative estimate of drug-likeness (QED) is 0.563. The molecule has 0 bridgehead atoms. The van der Waals surface area contributed by atoms with Gasteiger partial charge in [0.25, 0.3) is 0 Å². The predicted octanol–water partition coefficient (Wildman–Crippen LogP) is 4.69. The van der Waals surface area contributed by atoms with Crippen LogP contribution in [0.2, 0.25) is 0 Å². The molecule has 0 amide bonds. The zero-order chi connectivity index (χ0) is 19.2. The highest BCUT2D eigenvalue weighted by Crippen LogP contribution is 2.35. The van der Waals surface area contributed by atoms with E-state index in [1.807, 2.05) is 22.9 Å². The Morgan fingerprint density at radius 2 is 1.61 bits per heavy atom. The molecule has 3 nitrogen and oxygen atoms in total. The fourth-order valence-corrected chi connectivity index (χ4v) is 5.50. The van der Waals surface area contributed by atoms with Crippen molar-refractivity contribution < 1.29 is 5.11 Å². The minimum absolute atomic E-state index is 0.543. The highest BCUT2D eigenvalue weighted by Gasteiger charge is 2.32. The molecule has 1 fully saturated rings. The molecule has 2 aromatic heterocycles. The van der Waals surface area contributed by atoms with Gasteiger partial charge in [0, 0.05) is 12.6 Å². The van der Waals surface area contributed by atoms with Gasteiger partial charge < -0.3 is 10.4 Å². The number of nitrogens with zero attached hydrogens (tertiary/aromatic N) is 1. The van der Waals surface area contributed by atoms with Crippen molar-refractivity contribution in [1.29, 1.82) is 0 Å². The lowest BCUT2D eigenvalue weighted by molar-refractivity contribution is 0.0698. The van der Waals surface area contributed by atoms with Gasteiger partial charge in [0.05, 0.1) is 0 Å². The van der Waals surface area contributed by atoms with Gasteiger partial charge >= 0.3 is 0 Å². The summed E-state index contributed by atoms with van der Waals surface area (Å²) >= 11 is 3.29. The third kappa shape index (κ3) is 4.73. The Hall–Kier alpha value is -1.50. The van der Waals surface area contributed by atoms with Gasteiger partial charge in [-0.15, -0.1) is 0 Å². The summed E-state index contributed by atoms with van der Waals surface area (Å²) in [6, 6.07) is 15.4. The second kappa shape index (κ2) is 9.33. The van der Waals surface area contributed by atoms with E-state index in [4.69, 9.17) is 0 Å². The molecule has 148 valence electrons. The Balaban J connectivity index is 1.27. The molecule has 0 saturated carbocycles. The van der Waals surface area contributed by atoms with Crippen molar-refractivity contribution >= 4 is 22.7 Å². The van der Waals surface area contributed by atoms with Crippen LogP contribution in [0.15, 0.2) is 64.0 Å². The Morgan fingerprint density at radius 3 is 2.18 bits per heavy atom. The lowest BCUT2D eigenvalue weighted by atomic mass is 9.86. The van der Waals surface area contributed by atoms with E-state index >= 15 is 0 Å². The number of rotatable bonds is 8. The SMILES string of the molecule is OC(CCNC1CCN(Cc2ccccc2)CC1)(c1ccsc1)c1ccsc1. The first kappa shape index (κ1) is 19.8. The molecule has 0 radical (unpaired) electrons. The summed E-state index contributed by atoms with van der Waals surface area (Å²) in [4.78, 5) is 2.54. The van der Waals surface area contributed by atoms with Gasteiger partial charge in [0.1, 0.15) is 5.60 Å². The fraction of sp³-hybridized carbons (Fsp3) is 0.391. The molecular formula is C23H28N2OS2. The molecule has 1 aliphatic heterocycles. The average Bonchev–Trinajstić information content (AvgIpc) is 3.45. The highest BCUT2D eigenvalue weighted by atomic mass is 32.1. The van der Waals surface area contributed by atoms with Crippen molar-refractivity contribution in [2.45, 2.75) is 37.5 Å². The van der Waals surface area contributed by atoms with Crippen LogP contribution in [0.4, 0.5) is 0 Å². The topological polar surface area (TPSA) is 35.5 Å². The van der Waals surface area contributed by atoms with Gasteiger partial charge in [0.2, 0.25) is 0 Å². The van der Waals surface area contributed by atoms with Crippen LogP contribution in [0.25, 0.3) is 0 Å². The lowest BCUT2D eigenvalue weighted by Crippen LogP contribution is -2.43. The van der Waals surface area contributed by atoms with Crippen LogP contribution in [0, 0.1) is 0 Å². The number of hydrogen-bond donors (Lipinski definition) is 2. The maximum absolute atomic E-state index is 11.4. The van der Waals surface area contributed by atoms with Crippen LogP contribution < -0.4 is 5.32 Å². The van der Waals surface area contributed by atoms with Crippen molar-refractivity contribution in [3.63, 3.8) is 0 Å². The first-order valence-corrected chi connectivity index (χ1v) is 11.9. The van der Waals surface area contributed by atoms with E-state index in [0.29, 0.717) is 12.5 Å². The molecule has 0 unspecified atom stereocenters. The normalized spacial score (nSPS) is 16.5. The molecule has 1 saturated heterocycles. The molecular weight excluding hydrogens is 384 g/mol. The number of thiophene rings is 2. The molecule has 3 aromatic rings. The maximum Gasteiger partial charge on any atom is 0.117 e. The largest absolute Gasteiger partial charge is 0.380 e. The van der Waals surface area contributed by atoms with Gasteiger partial charge in [0.15, 0.2) is 0 Å². The lowest BCUT2D eigenvalue weighted by Gasteiger charge is -2.33. The summed E-state index contributed by atoms with van der Waals surface area (Å²) in [5.41, 5.74) is 2.53. The summed E-state index contributed by atoms with van der Waals surface area (Å²) in [5.74, 6) is 0. The smallest absolute Gasteiger partial charge is 0.117 e. The second-order valence-electron chi connectivity index (χ2n) is 7.62. The summed E-state index contributed by atoms with van der Waals surface area (Å²) in [6.45, 7) is 4.13. The number of nitrogens with one attached hydrogen (secondary N) is 1. The van der Waals surface area contributed by atoms with Crippen molar-refractivity contribution in [2.75, 3.05) is 19.6 Å². The van der Waals surface area contributed by atoms with E-state index in [9.17, 15) is 5.11 Å². The van der Waals surface area contributed by atoms with Crippen molar-refractivity contribution in [2.24, 2.45) is 0 Å². The van der Waals surface area contributed by atoms with E-state index < -0.39 is 5.60 Å². The average molecular weight is 413 g/mol. The van der Waals surface area contributed by atoms with Gasteiger partial charge in [-0.3, -0.25) is 4.90 Å². The number of hydrogen-bond acceptors (Lipinski definition) is 5. The zero-order valence-corrected chi connectivity index (χ0v) is 17.7. The van der Waals surface area contributed by atoms with Gasteiger partial charge in [-0.05, 0) is 89.2 Å². The summed E-state index contributed by atoms with van der Waals surface area (Å²) in [5, 5.41) is 23.4. The first-order chi connectivity index (χ1) is 13.7. The minimum Gasteiger partial charge on any atom is -0.380 e. The minimum atomic E-state index is -0.888. The molecule has 0 spiro atoms. The molecule has 28 heavy (non-hydrogen) atoms. The van der Waals surface area contributed by atoms with Gasteiger partial charge in [-0.1, -0.05) is 30.3 Å². The number of aliphatic hydroxyl groups is 1. The predicted molar refractivity (Wildman–Crippen MR) is 119 cm³/mol. The number of benzene rings is 1. The summed E-state index contributed by atoms with van der Waals surface area (Å²) in [6.07, 6.45) is 3.04. The van der Waals surface area contributed by atoms with Crippen molar-refractivity contribution in [3.8, 4) is 0 Å². The third-order valence-corrected chi connectivity index (χ3v) is 7.12. The summed E-state index contributed by atoms with van der Waals surface area (Å²) < 4.78 is 0. The van der Waals surface area contributed by atoms with E-state index in [2.05, 4.69) is 51.3 Å². The van der Waals surface area contributed by atoms with Crippen LogP contribution in [-0.2, 0) is 12.1 Å². The Morgan fingerprint density at radius 1 is 0.964 bits per heavy atom. The third-order valence-electron chi connectivity index (χ3n) is 5.75. The monoisotopic (exact) mass is 412 g/mol. The van der Waals surface area contributed by atoms with Crippen molar-refractivity contribution in [3.05, 3.63) is 80.7 Å². The van der Waals surface area contributed by atoms with Crippen LogP contribution in [0.1, 0.15) is 36.0 Å². The van der Waals surface area contributed by atoms with Crippen LogP contribution in [0.5, 0.6) is 0 Å². The van der Waals surface area contributed by atoms with Crippen LogP contribution in [-0.4, -0.2) is 35.7 Å². The molecule has 0 aliphatic carbocycles. The van der Waals surface area contributed by atoms with Gasteiger partial charge in [-0.2, -0.15) is 22.7 Å². The highest BCUT2D eigenvalue weighted by molar-refractivity contribution is 7.08. The summed E-state index contributed by atoms with van der Waals surface area (Å²) in [7, 11) is 0. The molecule has 1 aliphatic rings.